The van der Waals surface area contributed by atoms with Crippen LogP contribution < -0.4 is 0 Å². The van der Waals surface area contributed by atoms with Crippen LogP contribution in [0.2, 0.25) is 0 Å². The van der Waals surface area contributed by atoms with E-state index in [4.69, 9.17) is 0 Å². The molecule has 0 aromatic carbocycles. The van der Waals surface area contributed by atoms with Crippen molar-refractivity contribution in [1.29, 1.82) is 0 Å². The summed E-state index contributed by atoms with van der Waals surface area (Å²) in [7, 11) is 3.84. The standard InChI is InChI=1S/C15H21N3O2/c1-17(2)11-15(20)7-9-18(12-15)14(19)6-5-13-4-3-8-16-10-13/h3-6,8,10,20H,7,9,11-12H2,1-2H3. The predicted molar refractivity (Wildman–Crippen MR) is 78.0 cm³/mol. The molecule has 1 N–H and O–H groups in total. The number of likely N-dealkylation sites (N-methyl/N-ethyl adjacent to an activating group) is 1. The van der Waals surface area contributed by atoms with E-state index >= 15 is 0 Å². The summed E-state index contributed by atoms with van der Waals surface area (Å²) in [5, 5.41) is 10.4. The lowest BCUT2D eigenvalue weighted by Gasteiger charge is -2.26. The van der Waals surface area contributed by atoms with Gasteiger partial charge in [-0.1, -0.05) is 6.07 Å². The lowest BCUT2D eigenvalue weighted by molar-refractivity contribution is -0.126. The molecule has 5 heteroatoms. The summed E-state index contributed by atoms with van der Waals surface area (Å²) in [6.07, 6.45) is 7.31. The number of amides is 1. The highest BCUT2D eigenvalue weighted by Crippen LogP contribution is 2.22. The molecule has 0 aliphatic carbocycles. The average molecular weight is 275 g/mol. The lowest BCUT2D eigenvalue weighted by Crippen LogP contribution is -2.43. The fraction of sp³-hybridized carbons (Fsp3) is 0.467. The fourth-order valence-electron chi connectivity index (χ4n) is 2.51. The van der Waals surface area contributed by atoms with Crippen LogP contribution in [-0.2, 0) is 4.79 Å². The number of rotatable bonds is 4. The second kappa shape index (κ2) is 6.15. The van der Waals surface area contributed by atoms with Crippen LogP contribution in [0.4, 0.5) is 0 Å². The molecule has 1 unspecified atom stereocenters. The minimum Gasteiger partial charge on any atom is -0.387 e. The minimum atomic E-state index is -0.790. The molecule has 1 amide bonds. The minimum absolute atomic E-state index is 0.0662. The van der Waals surface area contributed by atoms with Crippen molar-refractivity contribution >= 4 is 12.0 Å². The number of hydrogen-bond acceptors (Lipinski definition) is 4. The summed E-state index contributed by atoms with van der Waals surface area (Å²) in [4.78, 5) is 19.7. The van der Waals surface area contributed by atoms with E-state index in [2.05, 4.69) is 4.98 Å². The van der Waals surface area contributed by atoms with Crippen LogP contribution in [0.5, 0.6) is 0 Å². The normalized spacial score (nSPS) is 22.9. The summed E-state index contributed by atoms with van der Waals surface area (Å²) in [6, 6.07) is 3.72. The van der Waals surface area contributed by atoms with Gasteiger partial charge < -0.3 is 14.9 Å². The Kier molecular flexibility index (Phi) is 4.52. The summed E-state index contributed by atoms with van der Waals surface area (Å²) in [5.74, 6) is -0.0662. The number of nitrogens with zero attached hydrogens (tertiary/aromatic N) is 3. The molecule has 108 valence electrons. The first-order valence-corrected chi connectivity index (χ1v) is 6.73. The SMILES string of the molecule is CN(C)CC1(O)CCN(C(=O)C=Cc2cccnc2)C1. The Morgan fingerprint density at radius 3 is 3.05 bits per heavy atom. The van der Waals surface area contributed by atoms with Crippen LogP contribution in [0.15, 0.2) is 30.6 Å². The maximum Gasteiger partial charge on any atom is 0.246 e. The molecule has 1 aliphatic heterocycles. The third-order valence-electron chi connectivity index (χ3n) is 3.36. The predicted octanol–water partition coefficient (Wildman–Crippen LogP) is 0.620. The van der Waals surface area contributed by atoms with Gasteiger partial charge in [-0.2, -0.15) is 0 Å². The highest BCUT2D eigenvalue weighted by molar-refractivity contribution is 5.92. The van der Waals surface area contributed by atoms with Crippen molar-refractivity contribution in [2.75, 3.05) is 33.7 Å². The Labute approximate surface area is 119 Å². The summed E-state index contributed by atoms with van der Waals surface area (Å²) in [6.45, 7) is 1.56. The molecular formula is C15H21N3O2. The zero-order valence-corrected chi connectivity index (χ0v) is 12.0. The van der Waals surface area contributed by atoms with Crippen molar-refractivity contribution in [1.82, 2.24) is 14.8 Å². The topological polar surface area (TPSA) is 56.7 Å². The van der Waals surface area contributed by atoms with Gasteiger partial charge in [0.15, 0.2) is 0 Å². The zero-order valence-electron chi connectivity index (χ0n) is 12.0. The van der Waals surface area contributed by atoms with Crippen LogP contribution in [0.1, 0.15) is 12.0 Å². The molecule has 0 saturated carbocycles. The van der Waals surface area contributed by atoms with Crippen molar-refractivity contribution < 1.29 is 9.90 Å². The zero-order chi connectivity index (χ0) is 14.6. The van der Waals surface area contributed by atoms with Crippen LogP contribution in [0.25, 0.3) is 6.08 Å². The number of carbonyl (C=O) groups is 1. The summed E-state index contributed by atoms with van der Waals surface area (Å²) < 4.78 is 0. The molecular weight excluding hydrogens is 254 g/mol. The van der Waals surface area contributed by atoms with E-state index in [0.717, 1.165) is 5.56 Å². The maximum absolute atomic E-state index is 12.1. The Hall–Kier alpha value is -1.72. The molecule has 0 radical (unpaired) electrons. The number of likely N-dealkylation sites (tertiary alicyclic amines) is 1. The highest BCUT2D eigenvalue weighted by Gasteiger charge is 2.37. The first-order valence-electron chi connectivity index (χ1n) is 6.73. The Bertz CT molecular complexity index is 487. The van der Waals surface area contributed by atoms with Crippen molar-refractivity contribution in [2.24, 2.45) is 0 Å². The van der Waals surface area contributed by atoms with E-state index in [1.54, 1.807) is 29.4 Å². The Balaban J connectivity index is 1.93. The molecule has 0 spiro atoms. The van der Waals surface area contributed by atoms with E-state index in [1.807, 2.05) is 31.1 Å². The van der Waals surface area contributed by atoms with Gasteiger partial charge >= 0.3 is 0 Å². The molecule has 1 fully saturated rings. The fourth-order valence-corrected chi connectivity index (χ4v) is 2.51. The maximum atomic E-state index is 12.1. The summed E-state index contributed by atoms with van der Waals surface area (Å²) >= 11 is 0. The van der Waals surface area contributed by atoms with Gasteiger partial charge in [-0.15, -0.1) is 0 Å². The first kappa shape index (κ1) is 14.7. The molecule has 2 heterocycles. The van der Waals surface area contributed by atoms with Crippen LogP contribution in [0.3, 0.4) is 0 Å². The molecule has 1 saturated heterocycles. The smallest absolute Gasteiger partial charge is 0.246 e. The van der Waals surface area contributed by atoms with Gasteiger partial charge in [0, 0.05) is 31.6 Å². The van der Waals surface area contributed by atoms with E-state index < -0.39 is 5.60 Å². The first-order chi connectivity index (χ1) is 9.48. The van der Waals surface area contributed by atoms with Crippen LogP contribution in [-0.4, -0.2) is 65.1 Å². The molecule has 20 heavy (non-hydrogen) atoms. The van der Waals surface area contributed by atoms with E-state index in [1.165, 1.54) is 0 Å². The molecule has 1 atom stereocenters. The van der Waals surface area contributed by atoms with Crippen molar-refractivity contribution in [3.05, 3.63) is 36.2 Å². The molecule has 1 aliphatic rings. The third-order valence-corrected chi connectivity index (χ3v) is 3.36. The van der Waals surface area contributed by atoms with Gasteiger partial charge in [0.2, 0.25) is 5.91 Å². The monoisotopic (exact) mass is 275 g/mol. The van der Waals surface area contributed by atoms with Crippen molar-refractivity contribution in [3.8, 4) is 0 Å². The summed E-state index contributed by atoms with van der Waals surface area (Å²) in [5.41, 5.74) is 0.102. The molecule has 1 aromatic rings. The Morgan fingerprint density at radius 1 is 1.60 bits per heavy atom. The van der Waals surface area contributed by atoms with E-state index in [0.29, 0.717) is 26.1 Å². The van der Waals surface area contributed by atoms with Gasteiger partial charge in [-0.05, 0) is 38.2 Å². The number of aliphatic hydroxyl groups is 1. The number of carbonyl (C=O) groups excluding carboxylic acids is 1. The van der Waals surface area contributed by atoms with E-state index in [9.17, 15) is 9.90 Å². The van der Waals surface area contributed by atoms with Gasteiger partial charge in [-0.3, -0.25) is 9.78 Å². The second-order valence-electron chi connectivity index (χ2n) is 5.59. The molecule has 2 rings (SSSR count). The molecule has 5 nitrogen and oxygen atoms in total. The van der Waals surface area contributed by atoms with Crippen molar-refractivity contribution in [3.63, 3.8) is 0 Å². The third kappa shape index (κ3) is 3.88. The number of hydrogen-bond donors (Lipinski definition) is 1. The van der Waals surface area contributed by atoms with Crippen LogP contribution >= 0.6 is 0 Å². The Morgan fingerprint density at radius 2 is 2.40 bits per heavy atom. The van der Waals surface area contributed by atoms with Gasteiger partial charge in [0.25, 0.3) is 0 Å². The van der Waals surface area contributed by atoms with Gasteiger partial charge in [0.05, 0.1) is 12.1 Å². The molecule has 1 aromatic heterocycles. The quantitative estimate of drug-likeness (QED) is 0.819. The lowest BCUT2D eigenvalue weighted by atomic mass is 10.0. The number of β-amino-alcohol motifs (C(OH)–C–C–N with tert-alkyl or cyclic N) is 1. The number of aromatic nitrogens is 1. The molecule has 0 bridgehead atoms. The van der Waals surface area contributed by atoms with Crippen molar-refractivity contribution in [2.45, 2.75) is 12.0 Å². The van der Waals surface area contributed by atoms with Crippen LogP contribution in [0, 0.1) is 0 Å². The van der Waals surface area contributed by atoms with Gasteiger partial charge in [0.1, 0.15) is 0 Å². The van der Waals surface area contributed by atoms with Gasteiger partial charge in [-0.25, -0.2) is 0 Å². The second-order valence-corrected chi connectivity index (χ2v) is 5.59. The number of pyridine rings is 1. The average Bonchev–Trinajstić information content (AvgIpc) is 2.78. The largest absolute Gasteiger partial charge is 0.387 e. The van der Waals surface area contributed by atoms with E-state index in [-0.39, 0.29) is 5.91 Å². The highest BCUT2D eigenvalue weighted by atomic mass is 16.3.